The van der Waals surface area contributed by atoms with Crippen molar-refractivity contribution in [3.8, 4) is 11.3 Å². The molecule has 0 bridgehead atoms. The SMILES string of the molecule is CCSCc1ccc(-c2occ(C)c2NC(=O)OC(C)c2ccccc2Cl)cc1. The number of furan rings is 1. The highest BCUT2D eigenvalue weighted by Gasteiger charge is 2.19. The number of benzene rings is 2. The van der Waals surface area contributed by atoms with Crippen LogP contribution in [0.3, 0.4) is 0 Å². The Labute approximate surface area is 180 Å². The summed E-state index contributed by atoms with van der Waals surface area (Å²) in [5, 5.41) is 3.39. The van der Waals surface area contributed by atoms with Gasteiger partial charge in [0.05, 0.1) is 12.0 Å². The number of hydrogen-bond acceptors (Lipinski definition) is 4. The number of rotatable bonds is 7. The van der Waals surface area contributed by atoms with Gasteiger partial charge in [-0.3, -0.25) is 5.32 Å². The summed E-state index contributed by atoms with van der Waals surface area (Å²) in [5.41, 5.74) is 4.35. The molecule has 0 spiro atoms. The maximum atomic E-state index is 12.5. The van der Waals surface area contributed by atoms with Crippen molar-refractivity contribution < 1.29 is 13.9 Å². The molecule has 1 unspecified atom stereocenters. The number of anilines is 1. The molecule has 1 atom stereocenters. The molecule has 1 N–H and O–H groups in total. The quantitative estimate of drug-likeness (QED) is 0.423. The van der Waals surface area contributed by atoms with Gasteiger partial charge in [0.15, 0.2) is 5.76 Å². The van der Waals surface area contributed by atoms with Crippen LogP contribution in [0, 0.1) is 6.92 Å². The van der Waals surface area contributed by atoms with Crippen LogP contribution in [0.4, 0.5) is 10.5 Å². The van der Waals surface area contributed by atoms with Gasteiger partial charge in [0.2, 0.25) is 0 Å². The van der Waals surface area contributed by atoms with E-state index < -0.39 is 12.2 Å². The first-order valence-corrected chi connectivity index (χ1v) is 11.0. The van der Waals surface area contributed by atoms with E-state index in [1.54, 1.807) is 19.3 Å². The van der Waals surface area contributed by atoms with Crippen LogP contribution in [0.5, 0.6) is 0 Å². The predicted molar refractivity (Wildman–Crippen MR) is 121 cm³/mol. The summed E-state index contributed by atoms with van der Waals surface area (Å²) in [6.07, 6.45) is 0.595. The maximum absolute atomic E-state index is 12.5. The van der Waals surface area contributed by atoms with Gasteiger partial charge in [0, 0.05) is 27.5 Å². The summed E-state index contributed by atoms with van der Waals surface area (Å²) >= 11 is 8.07. The molecule has 0 radical (unpaired) electrons. The zero-order chi connectivity index (χ0) is 20.8. The van der Waals surface area contributed by atoms with Gasteiger partial charge in [0.1, 0.15) is 6.10 Å². The number of nitrogens with one attached hydrogen (secondary N) is 1. The smallest absolute Gasteiger partial charge is 0.412 e. The molecule has 1 heterocycles. The van der Waals surface area contributed by atoms with Crippen LogP contribution in [0.1, 0.15) is 36.6 Å². The van der Waals surface area contributed by atoms with Gasteiger partial charge >= 0.3 is 6.09 Å². The molecule has 0 aliphatic rings. The number of thioether (sulfide) groups is 1. The van der Waals surface area contributed by atoms with Crippen LogP contribution in [-0.4, -0.2) is 11.8 Å². The van der Waals surface area contributed by atoms with Gasteiger partial charge in [0.25, 0.3) is 0 Å². The lowest BCUT2D eigenvalue weighted by Gasteiger charge is -2.15. The molecule has 152 valence electrons. The van der Waals surface area contributed by atoms with Gasteiger partial charge < -0.3 is 9.15 Å². The van der Waals surface area contributed by atoms with E-state index in [2.05, 4.69) is 24.4 Å². The summed E-state index contributed by atoms with van der Waals surface area (Å²) in [4.78, 5) is 12.5. The Kier molecular flexibility index (Phi) is 7.29. The van der Waals surface area contributed by atoms with Crippen molar-refractivity contribution in [2.24, 2.45) is 0 Å². The van der Waals surface area contributed by atoms with E-state index in [4.69, 9.17) is 20.8 Å². The number of carbonyl (C=O) groups is 1. The fourth-order valence-electron chi connectivity index (χ4n) is 2.94. The second-order valence-corrected chi connectivity index (χ2v) is 8.33. The molecule has 0 aliphatic carbocycles. The van der Waals surface area contributed by atoms with Crippen molar-refractivity contribution in [3.05, 3.63) is 76.5 Å². The Morgan fingerprint density at radius 1 is 1.21 bits per heavy atom. The number of hydrogen-bond donors (Lipinski definition) is 1. The minimum Gasteiger partial charge on any atom is -0.462 e. The van der Waals surface area contributed by atoms with Crippen LogP contribution in [0.25, 0.3) is 11.3 Å². The molecule has 3 rings (SSSR count). The first-order chi connectivity index (χ1) is 14.0. The summed E-state index contributed by atoms with van der Waals surface area (Å²) in [6.45, 7) is 5.82. The van der Waals surface area contributed by atoms with Crippen molar-refractivity contribution in [1.82, 2.24) is 0 Å². The van der Waals surface area contributed by atoms with Crippen molar-refractivity contribution in [3.63, 3.8) is 0 Å². The lowest BCUT2D eigenvalue weighted by atomic mass is 10.1. The van der Waals surface area contributed by atoms with Crippen LogP contribution in [0.15, 0.2) is 59.2 Å². The number of carbonyl (C=O) groups excluding carboxylic acids is 1. The third-order valence-electron chi connectivity index (χ3n) is 4.52. The van der Waals surface area contributed by atoms with Gasteiger partial charge in [-0.25, -0.2) is 4.79 Å². The first-order valence-electron chi connectivity index (χ1n) is 9.46. The van der Waals surface area contributed by atoms with Gasteiger partial charge in [-0.1, -0.05) is 61.0 Å². The lowest BCUT2D eigenvalue weighted by Crippen LogP contribution is -2.16. The highest BCUT2D eigenvalue weighted by Crippen LogP contribution is 2.34. The fourth-order valence-corrected chi connectivity index (χ4v) is 3.87. The first kappa shape index (κ1) is 21.3. The summed E-state index contributed by atoms with van der Waals surface area (Å²) in [6, 6.07) is 15.5. The van der Waals surface area contributed by atoms with Crippen LogP contribution in [-0.2, 0) is 10.5 Å². The van der Waals surface area contributed by atoms with Gasteiger partial charge in [-0.05, 0) is 31.2 Å². The normalized spacial score (nSPS) is 11.9. The van der Waals surface area contributed by atoms with E-state index in [0.717, 1.165) is 28.2 Å². The van der Waals surface area contributed by atoms with E-state index in [-0.39, 0.29) is 0 Å². The molecule has 0 aliphatic heterocycles. The average molecular weight is 430 g/mol. The molecular formula is C23H24ClNO3S. The second kappa shape index (κ2) is 9.90. The van der Waals surface area contributed by atoms with Crippen LogP contribution in [0.2, 0.25) is 5.02 Å². The summed E-state index contributed by atoms with van der Waals surface area (Å²) in [5.74, 6) is 2.67. The molecule has 4 nitrogen and oxygen atoms in total. The Hall–Kier alpha value is -2.37. The van der Waals surface area contributed by atoms with E-state index in [0.29, 0.717) is 16.5 Å². The minimum atomic E-state index is -0.556. The molecule has 0 fully saturated rings. The topological polar surface area (TPSA) is 51.5 Å². The second-order valence-electron chi connectivity index (χ2n) is 6.65. The maximum Gasteiger partial charge on any atom is 0.412 e. The van der Waals surface area contributed by atoms with Crippen molar-refractivity contribution in [1.29, 1.82) is 0 Å². The number of halogens is 1. The number of aryl methyl sites for hydroxylation is 1. The van der Waals surface area contributed by atoms with Gasteiger partial charge in [-0.15, -0.1) is 0 Å². The predicted octanol–water partition coefficient (Wildman–Crippen LogP) is 7.47. The monoisotopic (exact) mass is 429 g/mol. The molecule has 6 heteroatoms. The Morgan fingerprint density at radius 2 is 1.93 bits per heavy atom. The Morgan fingerprint density at radius 3 is 2.62 bits per heavy atom. The van der Waals surface area contributed by atoms with Crippen LogP contribution < -0.4 is 5.32 Å². The third kappa shape index (κ3) is 5.37. The van der Waals surface area contributed by atoms with E-state index in [1.807, 2.05) is 49.0 Å². The molecule has 1 aromatic heterocycles. The molecule has 29 heavy (non-hydrogen) atoms. The number of amides is 1. The standard InChI is InChI=1S/C23H24ClNO3S/c1-4-29-14-17-9-11-18(12-10-17)22-21(15(2)13-27-22)25-23(26)28-16(3)19-7-5-6-8-20(19)24/h5-13,16H,4,14H2,1-3H3,(H,25,26). The van der Waals surface area contributed by atoms with Crippen molar-refractivity contribution >= 4 is 35.1 Å². The zero-order valence-electron chi connectivity index (χ0n) is 16.7. The highest BCUT2D eigenvalue weighted by atomic mass is 35.5. The van der Waals surface area contributed by atoms with E-state index >= 15 is 0 Å². The van der Waals surface area contributed by atoms with Crippen LogP contribution >= 0.6 is 23.4 Å². The average Bonchev–Trinajstić information content (AvgIpc) is 3.07. The highest BCUT2D eigenvalue weighted by molar-refractivity contribution is 7.98. The largest absolute Gasteiger partial charge is 0.462 e. The van der Waals surface area contributed by atoms with E-state index in [1.165, 1.54) is 5.56 Å². The Balaban J connectivity index is 1.72. The molecular weight excluding hydrogens is 406 g/mol. The molecule has 0 saturated carbocycles. The molecule has 1 amide bonds. The lowest BCUT2D eigenvalue weighted by molar-refractivity contribution is 0.121. The third-order valence-corrected chi connectivity index (χ3v) is 5.81. The van der Waals surface area contributed by atoms with Crippen molar-refractivity contribution in [2.75, 3.05) is 11.1 Å². The molecule has 2 aromatic carbocycles. The van der Waals surface area contributed by atoms with E-state index in [9.17, 15) is 4.79 Å². The minimum absolute atomic E-state index is 0.477. The number of ether oxygens (including phenoxy) is 1. The fraction of sp³-hybridized carbons (Fsp3) is 0.261. The summed E-state index contributed by atoms with van der Waals surface area (Å²) < 4.78 is 11.2. The molecule has 3 aromatic rings. The van der Waals surface area contributed by atoms with Crippen molar-refractivity contribution in [2.45, 2.75) is 32.6 Å². The van der Waals surface area contributed by atoms with Gasteiger partial charge in [-0.2, -0.15) is 11.8 Å². The summed E-state index contributed by atoms with van der Waals surface area (Å²) in [7, 11) is 0. The zero-order valence-corrected chi connectivity index (χ0v) is 18.3. The molecule has 0 saturated heterocycles. The Bertz CT molecular complexity index is 969.